The van der Waals surface area contributed by atoms with E-state index in [0.29, 0.717) is 10.9 Å². The van der Waals surface area contributed by atoms with Gasteiger partial charge >= 0.3 is 0 Å². The summed E-state index contributed by atoms with van der Waals surface area (Å²) in [6.45, 7) is 6.22. The third kappa shape index (κ3) is 2.02. The summed E-state index contributed by atoms with van der Waals surface area (Å²) in [6, 6.07) is 9.66. The number of fused-ring (bicyclic) bond motifs is 1. The molecule has 3 heteroatoms. The van der Waals surface area contributed by atoms with Gasteiger partial charge in [-0.25, -0.2) is 4.98 Å². The molecule has 1 heterocycles. The molecular formula is C16H14ClNO. The number of halogens is 1. The van der Waals surface area contributed by atoms with Gasteiger partial charge in [-0.2, -0.15) is 0 Å². The molecule has 3 aromatic rings. The molecule has 0 spiro atoms. The van der Waals surface area contributed by atoms with Crippen LogP contribution in [0.25, 0.3) is 22.6 Å². The Balaban J connectivity index is 2.24. The van der Waals surface area contributed by atoms with Crippen molar-refractivity contribution in [1.29, 1.82) is 0 Å². The van der Waals surface area contributed by atoms with Crippen molar-refractivity contribution in [3.63, 3.8) is 0 Å². The fourth-order valence-electron chi connectivity index (χ4n) is 2.24. The third-order valence-corrected chi connectivity index (χ3v) is 3.71. The van der Waals surface area contributed by atoms with Crippen molar-refractivity contribution in [2.45, 2.75) is 20.8 Å². The van der Waals surface area contributed by atoms with Crippen molar-refractivity contribution in [2.24, 2.45) is 0 Å². The zero-order chi connectivity index (χ0) is 13.6. The van der Waals surface area contributed by atoms with E-state index in [2.05, 4.69) is 24.9 Å². The monoisotopic (exact) mass is 271 g/mol. The maximum absolute atomic E-state index is 5.91. The van der Waals surface area contributed by atoms with E-state index >= 15 is 0 Å². The van der Waals surface area contributed by atoms with E-state index in [9.17, 15) is 0 Å². The first-order valence-corrected chi connectivity index (χ1v) is 6.57. The summed E-state index contributed by atoms with van der Waals surface area (Å²) >= 11 is 5.90. The highest BCUT2D eigenvalue weighted by atomic mass is 35.5. The number of aromatic nitrogens is 1. The van der Waals surface area contributed by atoms with Gasteiger partial charge in [-0.15, -0.1) is 0 Å². The molecule has 19 heavy (non-hydrogen) atoms. The van der Waals surface area contributed by atoms with Gasteiger partial charge in [0.2, 0.25) is 5.89 Å². The van der Waals surface area contributed by atoms with Gasteiger partial charge in [-0.3, -0.25) is 0 Å². The highest BCUT2D eigenvalue weighted by molar-refractivity contribution is 6.30. The molecule has 96 valence electrons. The molecule has 1 aromatic heterocycles. The Kier molecular flexibility index (Phi) is 2.83. The second kappa shape index (κ2) is 4.39. The number of rotatable bonds is 1. The lowest BCUT2D eigenvalue weighted by molar-refractivity contribution is 0.617. The van der Waals surface area contributed by atoms with Crippen molar-refractivity contribution in [2.75, 3.05) is 0 Å². The van der Waals surface area contributed by atoms with E-state index in [1.165, 1.54) is 11.1 Å². The lowest BCUT2D eigenvalue weighted by Crippen LogP contribution is -1.85. The Morgan fingerprint density at radius 2 is 1.68 bits per heavy atom. The Morgan fingerprint density at radius 3 is 2.37 bits per heavy atom. The molecule has 0 saturated carbocycles. The first-order valence-electron chi connectivity index (χ1n) is 6.19. The van der Waals surface area contributed by atoms with Crippen LogP contribution in [0, 0.1) is 20.8 Å². The molecule has 0 aliphatic carbocycles. The van der Waals surface area contributed by atoms with Crippen molar-refractivity contribution < 1.29 is 4.42 Å². The fourth-order valence-corrected chi connectivity index (χ4v) is 2.37. The normalized spacial score (nSPS) is 11.2. The first kappa shape index (κ1) is 12.2. The van der Waals surface area contributed by atoms with E-state index in [1.54, 1.807) is 0 Å². The maximum atomic E-state index is 5.91. The minimum Gasteiger partial charge on any atom is -0.436 e. The summed E-state index contributed by atoms with van der Waals surface area (Å²) in [5, 5.41) is 0.711. The molecule has 0 aliphatic heterocycles. The average molecular weight is 272 g/mol. The van der Waals surface area contributed by atoms with E-state index in [0.717, 1.165) is 22.2 Å². The van der Waals surface area contributed by atoms with Crippen LogP contribution in [0.5, 0.6) is 0 Å². The summed E-state index contributed by atoms with van der Waals surface area (Å²) in [4.78, 5) is 4.62. The van der Waals surface area contributed by atoms with Crippen LogP contribution in [0.15, 0.2) is 34.7 Å². The SMILES string of the molecule is Cc1cc(C)c2oc(-c3ccc(Cl)cc3)nc2c1C. The number of aryl methyl sites for hydroxylation is 3. The summed E-state index contributed by atoms with van der Waals surface area (Å²) in [6.07, 6.45) is 0. The smallest absolute Gasteiger partial charge is 0.227 e. The van der Waals surface area contributed by atoms with Crippen LogP contribution in [0.2, 0.25) is 5.02 Å². The molecule has 0 saturated heterocycles. The highest BCUT2D eigenvalue weighted by Crippen LogP contribution is 2.30. The van der Waals surface area contributed by atoms with Crippen molar-refractivity contribution in [1.82, 2.24) is 4.98 Å². The molecule has 2 nitrogen and oxygen atoms in total. The van der Waals surface area contributed by atoms with E-state index < -0.39 is 0 Å². The molecule has 0 fully saturated rings. The Morgan fingerprint density at radius 1 is 1.00 bits per heavy atom. The minimum atomic E-state index is 0.642. The van der Waals surface area contributed by atoms with Crippen LogP contribution in [0.4, 0.5) is 0 Å². The Bertz CT molecular complexity index is 757. The van der Waals surface area contributed by atoms with Crippen LogP contribution in [-0.4, -0.2) is 4.98 Å². The van der Waals surface area contributed by atoms with Crippen LogP contribution in [0.3, 0.4) is 0 Å². The van der Waals surface area contributed by atoms with Crippen molar-refractivity contribution >= 4 is 22.7 Å². The molecule has 2 aromatic carbocycles. The molecule has 0 atom stereocenters. The molecule has 3 rings (SSSR count). The molecule has 0 radical (unpaired) electrons. The van der Waals surface area contributed by atoms with Gasteiger partial charge in [0.15, 0.2) is 5.58 Å². The second-order valence-corrected chi connectivity index (χ2v) is 5.28. The number of oxazole rings is 1. The summed E-state index contributed by atoms with van der Waals surface area (Å²) in [7, 11) is 0. The van der Waals surface area contributed by atoms with Gasteiger partial charge in [-0.05, 0) is 61.7 Å². The van der Waals surface area contributed by atoms with Crippen LogP contribution >= 0.6 is 11.6 Å². The number of hydrogen-bond donors (Lipinski definition) is 0. The van der Waals surface area contributed by atoms with Gasteiger partial charge in [0, 0.05) is 10.6 Å². The molecule has 0 N–H and O–H groups in total. The van der Waals surface area contributed by atoms with E-state index in [1.807, 2.05) is 31.2 Å². The summed E-state index contributed by atoms with van der Waals surface area (Å²) < 4.78 is 5.91. The first-order chi connectivity index (χ1) is 9.06. The Hall–Kier alpha value is -1.80. The zero-order valence-electron chi connectivity index (χ0n) is 11.1. The van der Waals surface area contributed by atoms with Crippen LogP contribution in [0.1, 0.15) is 16.7 Å². The van der Waals surface area contributed by atoms with Crippen molar-refractivity contribution in [3.05, 3.63) is 52.0 Å². The molecule has 0 bridgehead atoms. The van der Waals surface area contributed by atoms with Gasteiger partial charge in [-0.1, -0.05) is 17.7 Å². The lowest BCUT2D eigenvalue weighted by Gasteiger charge is -2.01. The average Bonchev–Trinajstić information content (AvgIpc) is 2.83. The largest absolute Gasteiger partial charge is 0.436 e. The van der Waals surface area contributed by atoms with Gasteiger partial charge < -0.3 is 4.42 Å². The van der Waals surface area contributed by atoms with Crippen LogP contribution in [-0.2, 0) is 0 Å². The third-order valence-electron chi connectivity index (χ3n) is 3.46. The molecular weight excluding hydrogens is 258 g/mol. The van der Waals surface area contributed by atoms with Gasteiger partial charge in [0.25, 0.3) is 0 Å². The molecule has 0 unspecified atom stereocenters. The van der Waals surface area contributed by atoms with Gasteiger partial charge in [0.1, 0.15) is 5.52 Å². The lowest BCUT2D eigenvalue weighted by atomic mass is 10.1. The zero-order valence-corrected chi connectivity index (χ0v) is 11.9. The quantitative estimate of drug-likeness (QED) is 0.617. The second-order valence-electron chi connectivity index (χ2n) is 4.84. The summed E-state index contributed by atoms with van der Waals surface area (Å²) in [5.74, 6) is 0.642. The fraction of sp³-hybridized carbons (Fsp3) is 0.188. The van der Waals surface area contributed by atoms with Crippen LogP contribution < -0.4 is 0 Å². The van der Waals surface area contributed by atoms with Gasteiger partial charge in [0.05, 0.1) is 0 Å². The van der Waals surface area contributed by atoms with Crippen molar-refractivity contribution in [3.8, 4) is 11.5 Å². The standard InChI is InChI=1S/C16H14ClNO/c1-9-8-10(2)15-14(11(9)3)18-16(19-15)12-4-6-13(17)7-5-12/h4-8H,1-3H3. The van der Waals surface area contributed by atoms with E-state index in [4.69, 9.17) is 16.0 Å². The summed E-state index contributed by atoms with van der Waals surface area (Å²) in [5.41, 5.74) is 6.28. The molecule has 0 amide bonds. The Labute approximate surface area is 117 Å². The predicted octanol–water partition coefficient (Wildman–Crippen LogP) is 5.07. The predicted molar refractivity (Wildman–Crippen MR) is 78.7 cm³/mol. The topological polar surface area (TPSA) is 26.0 Å². The minimum absolute atomic E-state index is 0.642. The number of nitrogens with zero attached hydrogens (tertiary/aromatic N) is 1. The highest BCUT2D eigenvalue weighted by Gasteiger charge is 2.13. The molecule has 0 aliphatic rings. The van der Waals surface area contributed by atoms with E-state index in [-0.39, 0.29) is 0 Å². The maximum Gasteiger partial charge on any atom is 0.227 e. The number of hydrogen-bond acceptors (Lipinski definition) is 2. The number of benzene rings is 2.